The van der Waals surface area contributed by atoms with Crippen molar-refractivity contribution in [2.24, 2.45) is 0 Å². The van der Waals surface area contributed by atoms with Crippen LogP contribution in [0.1, 0.15) is 15.9 Å². The number of halogens is 3. The molecule has 0 saturated heterocycles. The van der Waals surface area contributed by atoms with Gasteiger partial charge in [-0.1, -0.05) is 18.2 Å². The second-order valence-electron chi connectivity index (χ2n) is 6.70. The first kappa shape index (κ1) is 23.9. The molecule has 3 aromatic carbocycles. The lowest BCUT2D eigenvalue weighted by Crippen LogP contribution is -2.16. The van der Waals surface area contributed by atoms with E-state index in [0.29, 0.717) is 11.8 Å². The highest BCUT2D eigenvalue weighted by Crippen LogP contribution is 2.33. The highest BCUT2D eigenvalue weighted by Gasteiger charge is 2.31. The van der Waals surface area contributed by atoms with Crippen LogP contribution in [0.15, 0.2) is 71.6 Å². The molecular formula is C22H19F3N2O5S. The fourth-order valence-electron chi connectivity index (χ4n) is 2.97. The first-order valence-electron chi connectivity index (χ1n) is 9.37. The van der Waals surface area contributed by atoms with E-state index in [2.05, 4.69) is 10.0 Å². The number of alkyl halides is 3. The standard InChI is InChI=1S/C22H19F3N2O5S/c1-31-18-9-4-3-8-17(18)21(28)26-15-10-11-20(19(13-15)32-2)33(29,30)27-16-7-5-6-14(12-16)22(23,24)25/h3-13,27H,1-2H3,(H,26,28). The number of nitrogens with one attached hydrogen (secondary N) is 2. The predicted molar refractivity (Wildman–Crippen MR) is 116 cm³/mol. The molecule has 174 valence electrons. The van der Waals surface area contributed by atoms with E-state index in [1.54, 1.807) is 24.3 Å². The van der Waals surface area contributed by atoms with Crippen LogP contribution in [0.5, 0.6) is 11.5 Å². The van der Waals surface area contributed by atoms with Gasteiger partial charge >= 0.3 is 6.18 Å². The summed E-state index contributed by atoms with van der Waals surface area (Å²) in [6.45, 7) is 0. The van der Waals surface area contributed by atoms with E-state index in [1.807, 2.05) is 0 Å². The lowest BCUT2D eigenvalue weighted by Gasteiger charge is -2.15. The molecule has 0 aliphatic rings. The van der Waals surface area contributed by atoms with Crippen LogP contribution in [0.3, 0.4) is 0 Å². The molecule has 33 heavy (non-hydrogen) atoms. The van der Waals surface area contributed by atoms with E-state index in [9.17, 15) is 26.4 Å². The van der Waals surface area contributed by atoms with Crippen LogP contribution in [0, 0.1) is 0 Å². The zero-order chi connectivity index (χ0) is 24.2. The zero-order valence-corrected chi connectivity index (χ0v) is 18.3. The molecule has 0 unspecified atom stereocenters. The molecule has 11 heteroatoms. The van der Waals surface area contributed by atoms with Crippen molar-refractivity contribution in [2.75, 3.05) is 24.3 Å². The van der Waals surface area contributed by atoms with Gasteiger partial charge in [-0.05, 0) is 42.5 Å². The van der Waals surface area contributed by atoms with Crippen molar-refractivity contribution in [3.63, 3.8) is 0 Å². The molecule has 2 N–H and O–H groups in total. The van der Waals surface area contributed by atoms with Crippen molar-refractivity contribution in [1.29, 1.82) is 0 Å². The molecule has 0 aliphatic heterocycles. The summed E-state index contributed by atoms with van der Waals surface area (Å²) in [5, 5.41) is 2.62. The van der Waals surface area contributed by atoms with Crippen molar-refractivity contribution in [3.05, 3.63) is 77.9 Å². The maximum absolute atomic E-state index is 12.9. The van der Waals surface area contributed by atoms with Crippen LogP contribution >= 0.6 is 0 Å². The number of methoxy groups -OCH3 is 2. The Labute approximate surface area is 188 Å². The lowest BCUT2D eigenvalue weighted by atomic mass is 10.2. The second kappa shape index (κ2) is 9.41. The Morgan fingerprint density at radius 1 is 0.848 bits per heavy atom. The third-order valence-corrected chi connectivity index (χ3v) is 5.93. The number of sulfonamides is 1. The molecule has 0 spiro atoms. The average Bonchev–Trinajstić information content (AvgIpc) is 2.78. The minimum atomic E-state index is -4.62. The maximum Gasteiger partial charge on any atom is 0.416 e. The lowest BCUT2D eigenvalue weighted by molar-refractivity contribution is -0.137. The van der Waals surface area contributed by atoms with E-state index < -0.39 is 27.7 Å². The Hall–Kier alpha value is -3.73. The van der Waals surface area contributed by atoms with Gasteiger partial charge in [0.15, 0.2) is 0 Å². The van der Waals surface area contributed by atoms with Crippen molar-refractivity contribution in [3.8, 4) is 11.5 Å². The molecule has 0 fully saturated rings. The number of para-hydroxylation sites is 1. The maximum atomic E-state index is 12.9. The minimum Gasteiger partial charge on any atom is -0.496 e. The van der Waals surface area contributed by atoms with Crippen molar-refractivity contribution >= 4 is 27.3 Å². The second-order valence-corrected chi connectivity index (χ2v) is 8.35. The van der Waals surface area contributed by atoms with Crippen LogP contribution in [-0.2, 0) is 16.2 Å². The average molecular weight is 480 g/mol. The summed E-state index contributed by atoms with van der Waals surface area (Å²) in [5.74, 6) is -0.258. The van der Waals surface area contributed by atoms with Crippen LogP contribution in [0.25, 0.3) is 0 Å². The van der Waals surface area contributed by atoms with Gasteiger partial charge in [0, 0.05) is 17.4 Å². The van der Waals surface area contributed by atoms with Gasteiger partial charge in [0.05, 0.1) is 25.3 Å². The van der Waals surface area contributed by atoms with Gasteiger partial charge in [-0.2, -0.15) is 13.2 Å². The highest BCUT2D eigenvalue weighted by molar-refractivity contribution is 7.92. The van der Waals surface area contributed by atoms with Gasteiger partial charge < -0.3 is 14.8 Å². The Morgan fingerprint density at radius 3 is 2.21 bits per heavy atom. The van der Waals surface area contributed by atoms with Crippen molar-refractivity contribution < 1.29 is 35.9 Å². The van der Waals surface area contributed by atoms with E-state index in [0.717, 1.165) is 12.1 Å². The summed E-state index contributed by atoms with van der Waals surface area (Å²) >= 11 is 0. The molecule has 3 rings (SSSR count). The summed E-state index contributed by atoms with van der Waals surface area (Å²) in [6.07, 6.45) is -4.62. The molecule has 0 radical (unpaired) electrons. The summed E-state index contributed by atoms with van der Waals surface area (Å²) in [5.41, 5.74) is -0.757. The molecule has 1 amide bonds. The highest BCUT2D eigenvalue weighted by atomic mass is 32.2. The summed E-state index contributed by atoms with van der Waals surface area (Å²) in [7, 11) is -1.65. The van der Waals surface area contributed by atoms with Gasteiger partial charge in [0.1, 0.15) is 16.4 Å². The molecule has 0 bridgehead atoms. The van der Waals surface area contributed by atoms with Gasteiger partial charge in [-0.3, -0.25) is 9.52 Å². The minimum absolute atomic E-state index is 0.118. The first-order valence-corrected chi connectivity index (χ1v) is 10.9. The quantitative estimate of drug-likeness (QED) is 0.508. The normalized spacial score (nSPS) is 11.5. The first-order chi connectivity index (χ1) is 15.5. The number of anilines is 2. The third kappa shape index (κ3) is 5.55. The Balaban J connectivity index is 1.87. The molecular weight excluding hydrogens is 461 g/mol. The fraction of sp³-hybridized carbons (Fsp3) is 0.136. The van der Waals surface area contributed by atoms with E-state index in [1.165, 1.54) is 38.5 Å². The topological polar surface area (TPSA) is 93.7 Å². The number of carbonyl (C=O) groups is 1. The number of rotatable bonds is 7. The SMILES string of the molecule is COc1ccccc1C(=O)Nc1ccc(S(=O)(=O)Nc2cccc(C(F)(F)F)c2)c(OC)c1. The van der Waals surface area contributed by atoms with Gasteiger partial charge in [-0.15, -0.1) is 0 Å². The molecule has 7 nitrogen and oxygen atoms in total. The monoisotopic (exact) mass is 480 g/mol. The number of ether oxygens (including phenoxy) is 2. The van der Waals surface area contributed by atoms with Crippen molar-refractivity contribution in [1.82, 2.24) is 0 Å². The number of carbonyl (C=O) groups excluding carboxylic acids is 1. The predicted octanol–water partition coefficient (Wildman–Crippen LogP) is 4.78. The molecule has 0 aliphatic carbocycles. The smallest absolute Gasteiger partial charge is 0.416 e. The number of amides is 1. The number of hydrogen-bond acceptors (Lipinski definition) is 5. The molecule has 0 atom stereocenters. The largest absolute Gasteiger partial charge is 0.496 e. The Morgan fingerprint density at radius 2 is 1.55 bits per heavy atom. The van der Waals surface area contributed by atoms with Gasteiger partial charge in [0.2, 0.25) is 0 Å². The molecule has 3 aromatic rings. The summed E-state index contributed by atoms with van der Waals surface area (Å²) in [4.78, 5) is 12.3. The van der Waals surface area contributed by atoms with E-state index in [4.69, 9.17) is 9.47 Å². The summed E-state index contributed by atoms with van der Waals surface area (Å²) < 4.78 is 76.8. The van der Waals surface area contributed by atoms with Crippen LogP contribution < -0.4 is 19.5 Å². The van der Waals surface area contributed by atoms with E-state index in [-0.39, 0.29) is 27.6 Å². The van der Waals surface area contributed by atoms with Crippen LogP contribution in [-0.4, -0.2) is 28.5 Å². The van der Waals surface area contributed by atoms with Crippen LogP contribution in [0.4, 0.5) is 24.5 Å². The van der Waals surface area contributed by atoms with E-state index >= 15 is 0 Å². The summed E-state index contributed by atoms with van der Waals surface area (Å²) in [6, 6.07) is 14.1. The number of hydrogen-bond donors (Lipinski definition) is 2. The van der Waals surface area contributed by atoms with Gasteiger partial charge in [0.25, 0.3) is 15.9 Å². The van der Waals surface area contributed by atoms with Gasteiger partial charge in [-0.25, -0.2) is 8.42 Å². The van der Waals surface area contributed by atoms with Crippen molar-refractivity contribution in [2.45, 2.75) is 11.1 Å². The molecule has 0 saturated carbocycles. The Bertz CT molecular complexity index is 1280. The fourth-order valence-corrected chi connectivity index (χ4v) is 4.17. The van der Waals surface area contributed by atoms with Crippen LogP contribution in [0.2, 0.25) is 0 Å². The zero-order valence-electron chi connectivity index (χ0n) is 17.4. The third-order valence-electron chi connectivity index (χ3n) is 4.50. The molecule has 0 heterocycles. The Kier molecular flexibility index (Phi) is 6.82. The number of benzene rings is 3. The molecule has 0 aromatic heterocycles.